The highest BCUT2D eigenvalue weighted by molar-refractivity contribution is 8.18. The van der Waals surface area contributed by atoms with E-state index in [9.17, 15) is 13.6 Å². The Morgan fingerprint density at radius 1 is 1.15 bits per heavy atom. The molecule has 0 atom stereocenters. The third-order valence-electron chi connectivity index (χ3n) is 3.94. The summed E-state index contributed by atoms with van der Waals surface area (Å²) < 4.78 is 27.1. The van der Waals surface area contributed by atoms with E-state index in [1.165, 1.54) is 17.8 Å². The van der Waals surface area contributed by atoms with Crippen molar-refractivity contribution in [2.24, 2.45) is 10.9 Å². The van der Waals surface area contributed by atoms with Crippen molar-refractivity contribution in [3.63, 3.8) is 0 Å². The molecule has 6 heteroatoms. The molecule has 0 spiro atoms. The molecule has 140 valence electrons. The molecule has 0 radical (unpaired) electrons. The van der Waals surface area contributed by atoms with Gasteiger partial charge in [0.05, 0.1) is 4.91 Å². The second-order valence-corrected chi connectivity index (χ2v) is 7.83. The van der Waals surface area contributed by atoms with E-state index in [0.717, 1.165) is 23.3 Å². The first kappa shape index (κ1) is 19.3. The van der Waals surface area contributed by atoms with E-state index in [0.29, 0.717) is 16.6 Å². The van der Waals surface area contributed by atoms with Gasteiger partial charge in [-0.05, 0) is 48.4 Å². The number of amides is 1. The van der Waals surface area contributed by atoms with Crippen LogP contribution in [0.15, 0.2) is 52.4 Å². The number of hydrogen-bond acceptors (Lipinski definition) is 3. The van der Waals surface area contributed by atoms with E-state index in [1.54, 1.807) is 4.90 Å². The summed E-state index contributed by atoms with van der Waals surface area (Å²) in [6.45, 7) is 6.46. The molecule has 1 heterocycles. The van der Waals surface area contributed by atoms with Crippen molar-refractivity contribution in [2.75, 3.05) is 6.54 Å². The fourth-order valence-corrected chi connectivity index (χ4v) is 3.61. The summed E-state index contributed by atoms with van der Waals surface area (Å²) in [6.07, 6.45) is 1.81. The molecule has 1 amide bonds. The molecule has 2 aromatic carbocycles. The standard InChI is InChI=1S/C21H20F2N2OS/c1-13(2)12-25-20(26)19(10-15-6-4-14(3)5-7-15)27-21(25)24-18-9-8-16(22)11-17(18)23/h4-11,13H,12H2,1-3H3/b19-10+,24-21?. The molecule has 3 rings (SSSR count). The molecule has 1 saturated heterocycles. The largest absolute Gasteiger partial charge is 0.286 e. The van der Waals surface area contributed by atoms with E-state index >= 15 is 0 Å². The van der Waals surface area contributed by atoms with Gasteiger partial charge in [-0.3, -0.25) is 9.69 Å². The van der Waals surface area contributed by atoms with Crippen LogP contribution in [-0.2, 0) is 4.79 Å². The fraction of sp³-hybridized carbons (Fsp3) is 0.238. The Morgan fingerprint density at radius 3 is 2.48 bits per heavy atom. The van der Waals surface area contributed by atoms with Crippen molar-refractivity contribution >= 4 is 34.6 Å². The smallest absolute Gasteiger partial charge is 0.266 e. The first-order chi connectivity index (χ1) is 12.8. The zero-order valence-corrected chi connectivity index (χ0v) is 16.2. The van der Waals surface area contributed by atoms with Gasteiger partial charge < -0.3 is 0 Å². The van der Waals surface area contributed by atoms with Crippen LogP contribution in [0.4, 0.5) is 14.5 Å². The Balaban J connectivity index is 1.97. The normalized spacial score (nSPS) is 17.6. The monoisotopic (exact) mass is 386 g/mol. The number of benzene rings is 2. The Labute approximate surface area is 161 Å². The number of nitrogens with zero attached hydrogens (tertiary/aromatic N) is 2. The lowest BCUT2D eigenvalue weighted by atomic mass is 10.1. The van der Waals surface area contributed by atoms with Crippen LogP contribution in [0.3, 0.4) is 0 Å². The van der Waals surface area contributed by atoms with Crippen LogP contribution in [0, 0.1) is 24.5 Å². The lowest BCUT2D eigenvalue weighted by Crippen LogP contribution is -2.32. The molecule has 1 fully saturated rings. The fourth-order valence-electron chi connectivity index (χ4n) is 2.61. The molecule has 27 heavy (non-hydrogen) atoms. The first-order valence-corrected chi connectivity index (χ1v) is 9.47. The highest BCUT2D eigenvalue weighted by Crippen LogP contribution is 2.35. The topological polar surface area (TPSA) is 32.7 Å². The zero-order chi connectivity index (χ0) is 19.6. The molecule has 0 unspecified atom stereocenters. The van der Waals surface area contributed by atoms with Crippen LogP contribution in [0.5, 0.6) is 0 Å². The summed E-state index contributed by atoms with van der Waals surface area (Å²) in [5, 5.41) is 0.401. The third-order valence-corrected chi connectivity index (χ3v) is 4.94. The van der Waals surface area contributed by atoms with Gasteiger partial charge in [0.25, 0.3) is 5.91 Å². The number of aryl methyl sites for hydroxylation is 1. The highest BCUT2D eigenvalue weighted by Gasteiger charge is 2.33. The predicted molar refractivity (Wildman–Crippen MR) is 107 cm³/mol. The minimum atomic E-state index is -0.754. The van der Waals surface area contributed by atoms with Gasteiger partial charge in [-0.2, -0.15) is 0 Å². The van der Waals surface area contributed by atoms with Gasteiger partial charge in [-0.15, -0.1) is 0 Å². The highest BCUT2D eigenvalue weighted by atomic mass is 32.2. The average Bonchev–Trinajstić information content (AvgIpc) is 2.88. The van der Waals surface area contributed by atoms with Gasteiger partial charge in [-0.25, -0.2) is 13.8 Å². The van der Waals surface area contributed by atoms with Crippen molar-refractivity contribution < 1.29 is 13.6 Å². The number of halogens is 2. The molecule has 2 aromatic rings. The van der Waals surface area contributed by atoms with Crippen LogP contribution in [0.25, 0.3) is 6.08 Å². The molecular weight excluding hydrogens is 366 g/mol. The van der Waals surface area contributed by atoms with Crippen LogP contribution in [-0.4, -0.2) is 22.5 Å². The number of thioether (sulfide) groups is 1. The summed E-state index contributed by atoms with van der Waals surface area (Å²) in [5.41, 5.74) is 2.06. The summed E-state index contributed by atoms with van der Waals surface area (Å²) in [5.74, 6) is -1.35. The molecule has 0 saturated carbocycles. The number of hydrogen-bond donors (Lipinski definition) is 0. The average molecular weight is 386 g/mol. The minimum Gasteiger partial charge on any atom is -0.286 e. The molecular formula is C21H20F2N2OS. The number of carbonyl (C=O) groups is 1. The quantitative estimate of drug-likeness (QED) is 0.647. The predicted octanol–water partition coefficient (Wildman–Crippen LogP) is 5.53. The summed E-state index contributed by atoms with van der Waals surface area (Å²) in [6, 6.07) is 11.1. The van der Waals surface area contributed by atoms with E-state index in [2.05, 4.69) is 4.99 Å². The van der Waals surface area contributed by atoms with Crippen LogP contribution >= 0.6 is 11.8 Å². The van der Waals surface area contributed by atoms with Gasteiger partial charge in [-0.1, -0.05) is 43.7 Å². The maximum Gasteiger partial charge on any atom is 0.266 e. The third kappa shape index (κ3) is 4.63. The molecule has 0 bridgehead atoms. The van der Waals surface area contributed by atoms with E-state index in [-0.39, 0.29) is 17.5 Å². The van der Waals surface area contributed by atoms with Crippen LogP contribution in [0.2, 0.25) is 0 Å². The van der Waals surface area contributed by atoms with Crippen molar-refractivity contribution in [3.05, 3.63) is 70.1 Å². The second-order valence-electron chi connectivity index (χ2n) is 6.82. The Hall–Kier alpha value is -2.47. The molecule has 0 aliphatic carbocycles. The molecule has 1 aliphatic heterocycles. The Morgan fingerprint density at radius 2 is 1.85 bits per heavy atom. The number of amidine groups is 1. The minimum absolute atomic E-state index is 0.0112. The second kappa shape index (κ2) is 8.05. The summed E-state index contributed by atoms with van der Waals surface area (Å²) in [4.78, 5) is 19.2. The Kier molecular flexibility index (Phi) is 5.75. The van der Waals surface area contributed by atoms with Gasteiger partial charge in [0, 0.05) is 12.6 Å². The van der Waals surface area contributed by atoms with Crippen molar-refractivity contribution in [3.8, 4) is 0 Å². The van der Waals surface area contributed by atoms with Gasteiger partial charge >= 0.3 is 0 Å². The van der Waals surface area contributed by atoms with E-state index in [4.69, 9.17) is 0 Å². The lowest BCUT2D eigenvalue weighted by molar-refractivity contribution is -0.122. The van der Waals surface area contributed by atoms with Crippen LogP contribution in [0.1, 0.15) is 25.0 Å². The SMILES string of the molecule is Cc1ccc(/C=C2/SC(=Nc3ccc(F)cc3F)N(CC(C)C)C2=O)cc1. The van der Waals surface area contributed by atoms with Crippen molar-refractivity contribution in [1.29, 1.82) is 0 Å². The number of rotatable bonds is 4. The molecule has 0 aromatic heterocycles. The van der Waals surface area contributed by atoms with E-state index < -0.39 is 11.6 Å². The first-order valence-electron chi connectivity index (χ1n) is 8.65. The molecule has 1 aliphatic rings. The van der Waals surface area contributed by atoms with Gasteiger partial charge in [0.2, 0.25) is 0 Å². The number of carbonyl (C=O) groups excluding carboxylic acids is 1. The van der Waals surface area contributed by atoms with Gasteiger partial charge in [0.1, 0.15) is 11.5 Å². The zero-order valence-electron chi connectivity index (χ0n) is 15.4. The maximum atomic E-state index is 14.0. The van der Waals surface area contributed by atoms with Crippen LogP contribution < -0.4 is 0 Å². The van der Waals surface area contributed by atoms with Gasteiger partial charge in [0.15, 0.2) is 11.0 Å². The van der Waals surface area contributed by atoms with Crippen molar-refractivity contribution in [1.82, 2.24) is 4.90 Å². The van der Waals surface area contributed by atoms with E-state index in [1.807, 2.05) is 51.1 Å². The molecule has 3 nitrogen and oxygen atoms in total. The number of aliphatic imine (C=N–C) groups is 1. The van der Waals surface area contributed by atoms with Crippen molar-refractivity contribution in [2.45, 2.75) is 20.8 Å². The summed E-state index contributed by atoms with van der Waals surface area (Å²) in [7, 11) is 0. The Bertz CT molecular complexity index is 920. The molecule has 0 N–H and O–H groups in total. The summed E-state index contributed by atoms with van der Waals surface area (Å²) >= 11 is 1.20. The maximum absolute atomic E-state index is 14.0. The lowest BCUT2D eigenvalue weighted by Gasteiger charge is -2.17.